The van der Waals surface area contributed by atoms with Crippen LogP contribution in [0.25, 0.3) is 11.4 Å². The summed E-state index contributed by atoms with van der Waals surface area (Å²) in [6, 6.07) is 7.88. The summed E-state index contributed by atoms with van der Waals surface area (Å²) in [5.74, 6) is 3.61. The summed E-state index contributed by atoms with van der Waals surface area (Å²) < 4.78 is 12.7. The van der Waals surface area contributed by atoms with Gasteiger partial charge in [0.25, 0.3) is 0 Å². The Morgan fingerprint density at radius 2 is 1.96 bits per heavy atom. The Morgan fingerprint density at radius 1 is 1.15 bits per heavy atom. The number of nitrogens with zero attached hydrogens (tertiary/aromatic N) is 5. The Balaban J connectivity index is 1.81. The summed E-state index contributed by atoms with van der Waals surface area (Å²) in [6.45, 7) is 5.05. The molecule has 0 spiro atoms. The molecule has 0 atom stereocenters. The molecular weight excluding hydrogens is 350 g/mol. The third kappa shape index (κ3) is 4.24. The van der Waals surface area contributed by atoms with Crippen molar-refractivity contribution in [1.29, 1.82) is 0 Å². The van der Waals surface area contributed by atoms with E-state index in [0.717, 1.165) is 53.9 Å². The molecule has 0 saturated heterocycles. The number of hydrogen-bond acceptors (Lipinski definition) is 7. The zero-order valence-electron chi connectivity index (χ0n) is 15.3. The van der Waals surface area contributed by atoms with E-state index in [2.05, 4.69) is 31.8 Å². The van der Waals surface area contributed by atoms with E-state index in [9.17, 15) is 0 Å². The number of unbranched alkanes of at least 4 members (excludes halogenated alkanes) is 1. The number of hydrogen-bond donors (Lipinski definition) is 0. The molecule has 0 saturated carbocycles. The number of rotatable bonds is 9. The van der Waals surface area contributed by atoms with Crippen LogP contribution in [0.15, 0.2) is 33.9 Å². The molecule has 0 aliphatic heterocycles. The standard InChI is InChI=1S/C18H23N5O2S/c1-4-6-11-23-17(13-7-9-14(24-3)10-8-13)20-21-18(23)26-12-16-19-15(5-2)22-25-16/h7-10H,4-6,11-12H2,1-3H3. The molecule has 0 bridgehead atoms. The number of methoxy groups -OCH3 is 1. The fraction of sp³-hybridized carbons (Fsp3) is 0.444. The summed E-state index contributed by atoms with van der Waals surface area (Å²) in [4.78, 5) is 4.35. The van der Waals surface area contributed by atoms with Crippen molar-refractivity contribution in [1.82, 2.24) is 24.9 Å². The van der Waals surface area contributed by atoms with Crippen LogP contribution in [0.5, 0.6) is 5.75 Å². The normalized spacial score (nSPS) is 11.0. The molecule has 138 valence electrons. The van der Waals surface area contributed by atoms with Gasteiger partial charge in [0.15, 0.2) is 16.8 Å². The van der Waals surface area contributed by atoms with Gasteiger partial charge in [-0.3, -0.25) is 0 Å². The second kappa shape index (κ2) is 8.84. The van der Waals surface area contributed by atoms with Gasteiger partial charge in [-0.05, 0) is 30.7 Å². The van der Waals surface area contributed by atoms with Crippen molar-refractivity contribution < 1.29 is 9.26 Å². The average Bonchev–Trinajstić information content (AvgIpc) is 3.31. The first-order valence-electron chi connectivity index (χ1n) is 8.77. The molecule has 0 fully saturated rings. The lowest BCUT2D eigenvalue weighted by Crippen LogP contribution is -2.03. The first-order chi connectivity index (χ1) is 12.7. The van der Waals surface area contributed by atoms with Crippen molar-refractivity contribution in [2.75, 3.05) is 7.11 Å². The first-order valence-corrected chi connectivity index (χ1v) is 9.75. The molecule has 8 heteroatoms. The second-order valence-electron chi connectivity index (χ2n) is 5.79. The molecular formula is C18H23N5O2S. The SMILES string of the molecule is CCCCn1c(SCc2nc(CC)no2)nnc1-c1ccc(OC)cc1. The second-order valence-corrected chi connectivity index (χ2v) is 6.73. The molecule has 0 amide bonds. The van der Waals surface area contributed by atoms with Crippen LogP contribution < -0.4 is 4.74 Å². The lowest BCUT2D eigenvalue weighted by Gasteiger charge is -2.09. The molecule has 0 aliphatic carbocycles. The van der Waals surface area contributed by atoms with Crippen LogP contribution in [0.1, 0.15) is 38.4 Å². The number of aryl methyl sites for hydroxylation is 1. The molecule has 3 rings (SSSR count). The van der Waals surface area contributed by atoms with E-state index in [1.165, 1.54) is 0 Å². The highest BCUT2D eigenvalue weighted by Crippen LogP contribution is 2.27. The van der Waals surface area contributed by atoms with Crippen LogP contribution in [0.2, 0.25) is 0 Å². The van der Waals surface area contributed by atoms with Crippen LogP contribution in [0.4, 0.5) is 0 Å². The molecule has 1 aromatic carbocycles. The maximum Gasteiger partial charge on any atom is 0.237 e. The van der Waals surface area contributed by atoms with Gasteiger partial charge in [0.05, 0.1) is 12.9 Å². The highest BCUT2D eigenvalue weighted by molar-refractivity contribution is 7.98. The minimum Gasteiger partial charge on any atom is -0.497 e. The maximum absolute atomic E-state index is 5.26. The van der Waals surface area contributed by atoms with E-state index in [0.29, 0.717) is 11.6 Å². The molecule has 7 nitrogen and oxygen atoms in total. The van der Waals surface area contributed by atoms with Crippen molar-refractivity contribution in [2.24, 2.45) is 0 Å². The minimum absolute atomic E-state index is 0.583. The summed E-state index contributed by atoms with van der Waals surface area (Å²) in [7, 11) is 1.66. The Hall–Kier alpha value is -2.35. The topological polar surface area (TPSA) is 78.9 Å². The van der Waals surface area contributed by atoms with E-state index in [1.807, 2.05) is 31.2 Å². The van der Waals surface area contributed by atoms with Gasteiger partial charge in [-0.2, -0.15) is 4.98 Å². The van der Waals surface area contributed by atoms with E-state index >= 15 is 0 Å². The molecule has 0 N–H and O–H groups in total. The van der Waals surface area contributed by atoms with Gasteiger partial charge in [-0.25, -0.2) is 0 Å². The summed E-state index contributed by atoms with van der Waals surface area (Å²) in [6.07, 6.45) is 2.94. The predicted molar refractivity (Wildman–Crippen MR) is 100 cm³/mol. The molecule has 0 aliphatic rings. The van der Waals surface area contributed by atoms with E-state index < -0.39 is 0 Å². The van der Waals surface area contributed by atoms with E-state index in [4.69, 9.17) is 9.26 Å². The van der Waals surface area contributed by atoms with Crippen molar-refractivity contribution in [3.8, 4) is 17.1 Å². The van der Waals surface area contributed by atoms with Gasteiger partial charge < -0.3 is 13.8 Å². The predicted octanol–water partition coefficient (Wildman–Crippen LogP) is 3.99. The summed E-state index contributed by atoms with van der Waals surface area (Å²) in [5, 5.41) is 13.6. The highest BCUT2D eigenvalue weighted by Gasteiger charge is 2.16. The quantitative estimate of drug-likeness (QED) is 0.525. The number of benzene rings is 1. The summed E-state index contributed by atoms with van der Waals surface area (Å²) >= 11 is 1.57. The minimum atomic E-state index is 0.583. The van der Waals surface area contributed by atoms with Gasteiger partial charge in [0.2, 0.25) is 5.89 Å². The molecule has 3 aromatic rings. The van der Waals surface area contributed by atoms with E-state index in [1.54, 1.807) is 18.9 Å². The molecule has 0 unspecified atom stereocenters. The van der Waals surface area contributed by atoms with E-state index in [-0.39, 0.29) is 0 Å². The fourth-order valence-electron chi connectivity index (χ4n) is 2.49. The Labute approximate surface area is 157 Å². The molecule has 26 heavy (non-hydrogen) atoms. The fourth-order valence-corrected chi connectivity index (χ4v) is 3.29. The van der Waals surface area contributed by atoms with Gasteiger partial charge in [0, 0.05) is 18.5 Å². The number of ether oxygens (including phenoxy) is 1. The van der Waals surface area contributed by atoms with Crippen LogP contribution in [-0.2, 0) is 18.7 Å². The first kappa shape index (κ1) is 18.4. The zero-order chi connectivity index (χ0) is 18.4. The van der Waals surface area contributed by atoms with Crippen molar-refractivity contribution in [2.45, 2.75) is 50.6 Å². The van der Waals surface area contributed by atoms with Gasteiger partial charge in [-0.1, -0.05) is 37.2 Å². The third-order valence-electron chi connectivity index (χ3n) is 3.95. The maximum atomic E-state index is 5.26. The Bertz CT molecular complexity index is 828. The lowest BCUT2D eigenvalue weighted by atomic mass is 10.2. The zero-order valence-corrected chi connectivity index (χ0v) is 16.1. The number of thioether (sulfide) groups is 1. The molecule has 2 aromatic heterocycles. The van der Waals surface area contributed by atoms with Crippen molar-refractivity contribution in [3.63, 3.8) is 0 Å². The highest BCUT2D eigenvalue weighted by atomic mass is 32.2. The monoisotopic (exact) mass is 373 g/mol. The Kier molecular flexibility index (Phi) is 6.27. The van der Waals surface area contributed by atoms with Gasteiger partial charge in [0.1, 0.15) is 5.75 Å². The van der Waals surface area contributed by atoms with Gasteiger partial charge in [-0.15, -0.1) is 10.2 Å². The van der Waals surface area contributed by atoms with Crippen LogP contribution in [0, 0.1) is 0 Å². The van der Waals surface area contributed by atoms with Crippen LogP contribution in [-0.4, -0.2) is 32.0 Å². The van der Waals surface area contributed by atoms with Crippen LogP contribution >= 0.6 is 11.8 Å². The van der Waals surface area contributed by atoms with Crippen molar-refractivity contribution >= 4 is 11.8 Å². The van der Waals surface area contributed by atoms with Crippen molar-refractivity contribution in [3.05, 3.63) is 36.0 Å². The Morgan fingerprint density at radius 3 is 2.62 bits per heavy atom. The smallest absolute Gasteiger partial charge is 0.237 e. The summed E-state index contributed by atoms with van der Waals surface area (Å²) in [5.41, 5.74) is 1.02. The third-order valence-corrected chi connectivity index (χ3v) is 4.90. The van der Waals surface area contributed by atoms with Gasteiger partial charge >= 0.3 is 0 Å². The average molecular weight is 373 g/mol. The lowest BCUT2D eigenvalue weighted by molar-refractivity contribution is 0.385. The number of aromatic nitrogens is 5. The largest absolute Gasteiger partial charge is 0.497 e. The molecule has 2 heterocycles. The molecule has 0 radical (unpaired) electrons. The van der Waals surface area contributed by atoms with Crippen LogP contribution in [0.3, 0.4) is 0 Å².